The van der Waals surface area contributed by atoms with E-state index in [9.17, 15) is 9.59 Å². The molecule has 1 aromatic carbocycles. The molecule has 0 aromatic heterocycles. The summed E-state index contributed by atoms with van der Waals surface area (Å²) in [7, 11) is 0. The van der Waals surface area contributed by atoms with Crippen molar-refractivity contribution in [1.82, 2.24) is 0 Å². The number of carbonyl (C=O) groups excluding carboxylic acids is 1. The van der Waals surface area contributed by atoms with Gasteiger partial charge in [0.2, 0.25) is 5.91 Å². The molecular weight excluding hydrogens is 242 g/mol. The number of anilines is 1. The van der Waals surface area contributed by atoms with Crippen LogP contribution in [0.2, 0.25) is 0 Å². The van der Waals surface area contributed by atoms with E-state index in [0.717, 1.165) is 0 Å². The van der Waals surface area contributed by atoms with E-state index in [2.05, 4.69) is 26.1 Å². The lowest BCUT2D eigenvalue weighted by Gasteiger charge is -2.19. The van der Waals surface area contributed by atoms with Gasteiger partial charge >= 0.3 is 5.97 Å². The van der Waals surface area contributed by atoms with Crippen LogP contribution in [-0.4, -0.2) is 17.0 Å². The van der Waals surface area contributed by atoms with Crippen molar-refractivity contribution < 1.29 is 14.7 Å². The van der Waals surface area contributed by atoms with Gasteiger partial charge in [0, 0.05) is 5.69 Å². The Hall–Kier alpha value is -1.84. The molecule has 19 heavy (non-hydrogen) atoms. The third kappa shape index (κ3) is 3.13. The summed E-state index contributed by atoms with van der Waals surface area (Å²) in [6.45, 7) is 6.38. The summed E-state index contributed by atoms with van der Waals surface area (Å²) in [6.07, 6.45) is 0.446. The molecule has 2 rings (SSSR count). The van der Waals surface area contributed by atoms with Crippen LogP contribution in [0.3, 0.4) is 0 Å². The number of amides is 1. The standard InChI is InChI=1S/C15H19NO3/c1-15(2,3)9-4-6-10(7-5-9)16-13(17)11-8-12(11)14(18)19/h4-7,11-12H,8H2,1-3H3,(H,16,17)(H,18,19). The molecule has 102 valence electrons. The maximum Gasteiger partial charge on any atom is 0.307 e. The first-order chi connectivity index (χ1) is 8.79. The van der Waals surface area contributed by atoms with Gasteiger partial charge in [-0.1, -0.05) is 32.9 Å². The lowest BCUT2D eigenvalue weighted by molar-refractivity contribution is -0.139. The molecule has 4 nitrogen and oxygen atoms in total. The van der Waals surface area contributed by atoms with Gasteiger partial charge in [-0.2, -0.15) is 0 Å². The van der Waals surface area contributed by atoms with Crippen LogP contribution in [-0.2, 0) is 15.0 Å². The van der Waals surface area contributed by atoms with Gasteiger partial charge in [0.25, 0.3) is 0 Å². The number of hydrogen-bond donors (Lipinski definition) is 2. The zero-order chi connectivity index (χ0) is 14.2. The quantitative estimate of drug-likeness (QED) is 0.879. The van der Waals surface area contributed by atoms with E-state index in [1.165, 1.54) is 5.56 Å². The van der Waals surface area contributed by atoms with Crippen molar-refractivity contribution in [3.05, 3.63) is 29.8 Å². The largest absolute Gasteiger partial charge is 0.481 e. The van der Waals surface area contributed by atoms with Crippen molar-refractivity contribution in [3.8, 4) is 0 Å². The molecule has 1 amide bonds. The third-order valence-electron chi connectivity index (χ3n) is 3.46. The summed E-state index contributed by atoms with van der Waals surface area (Å²) in [5, 5.41) is 11.5. The highest BCUT2D eigenvalue weighted by atomic mass is 16.4. The summed E-state index contributed by atoms with van der Waals surface area (Å²) in [6, 6.07) is 7.68. The average molecular weight is 261 g/mol. The lowest BCUT2D eigenvalue weighted by Crippen LogP contribution is -2.17. The predicted octanol–water partition coefficient (Wildman–Crippen LogP) is 2.64. The fourth-order valence-electron chi connectivity index (χ4n) is 2.05. The second kappa shape index (κ2) is 4.68. The van der Waals surface area contributed by atoms with Crippen molar-refractivity contribution in [1.29, 1.82) is 0 Å². The Morgan fingerprint density at radius 3 is 2.16 bits per heavy atom. The zero-order valence-corrected chi connectivity index (χ0v) is 11.4. The van der Waals surface area contributed by atoms with E-state index in [-0.39, 0.29) is 17.2 Å². The highest BCUT2D eigenvalue weighted by Gasteiger charge is 2.48. The smallest absolute Gasteiger partial charge is 0.307 e. The third-order valence-corrected chi connectivity index (χ3v) is 3.46. The fraction of sp³-hybridized carbons (Fsp3) is 0.467. The molecule has 1 saturated carbocycles. The van der Waals surface area contributed by atoms with Crippen LogP contribution in [0.15, 0.2) is 24.3 Å². The second-order valence-corrected chi connectivity index (χ2v) is 6.10. The predicted molar refractivity (Wildman–Crippen MR) is 73.0 cm³/mol. The maximum absolute atomic E-state index is 11.8. The summed E-state index contributed by atoms with van der Waals surface area (Å²) < 4.78 is 0. The number of benzene rings is 1. The lowest BCUT2D eigenvalue weighted by atomic mass is 9.87. The van der Waals surface area contributed by atoms with Crippen LogP contribution >= 0.6 is 0 Å². The number of aliphatic carboxylic acids is 1. The number of nitrogens with one attached hydrogen (secondary N) is 1. The number of hydrogen-bond acceptors (Lipinski definition) is 2. The SMILES string of the molecule is CC(C)(C)c1ccc(NC(=O)C2CC2C(=O)O)cc1. The van der Waals surface area contributed by atoms with Crippen LogP contribution < -0.4 is 5.32 Å². The van der Waals surface area contributed by atoms with Crippen molar-refractivity contribution in [2.45, 2.75) is 32.6 Å². The van der Waals surface area contributed by atoms with Crippen LogP contribution in [0.4, 0.5) is 5.69 Å². The van der Waals surface area contributed by atoms with Gasteiger partial charge in [-0.05, 0) is 29.5 Å². The molecule has 0 heterocycles. The molecular formula is C15H19NO3. The molecule has 0 spiro atoms. The maximum atomic E-state index is 11.8. The van der Waals surface area contributed by atoms with Crippen LogP contribution in [0.25, 0.3) is 0 Å². The molecule has 0 saturated heterocycles. The number of carbonyl (C=O) groups is 2. The summed E-state index contributed by atoms with van der Waals surface area (Å²) in [5.74, 6) is -1.97. The molecule has 2 unspecified atom stereocenters. The van der Waals surface area contributed by atoms with E-state index < -0.39 is 11.9 Å². The van der Waals surface area contributed by atoms with Crippen molar-refractivity contribution in [2.75, 3.05) is 5.32 Å². The van der Waals surface area contributed by atoms with Gasteiger partial charge in [0.05, 0.1) is 11.8 Å². The monoisotopic (exact) mass is 261 g/mol. The molecule has 0 radical (unpaired) electrons. The summed E-state index contributed by atoms with van der Waals surface area (Å²) >= 11 is 0. The van der Waals surface area contributed by atoms with E-state index in [1.54, 1.807) is 0 Å². The van der Waals surface area contributed by atoms with Gasteiger partial charge < -0.3 is 10.4 Å². The molecule has 1 fully saturated rings. The Kier molecular flexibility index (Phi) is 3.35. The first kappa shape index (κ1) is 13.6. The number of carboxylic acids is 1. The topological polar surface area (TPSA) is 66.4 Å². The Bertz CT molecular complexity index is 499. The molecule has 0 bridgehead atoms. The summed E-state index contributed by atoms with van der Waals surface area (Å²) in [4.78, 5) is 22.5. The van der Waals surface area contributed by atoms with Gasteiger partial charge in [-0.25, -0.2) is 0 Å². The van der Waals surface area contributed by atoms with Crippen molar-refractivity contribution in [2.24, 2.45) is 11.8 Å². The van der Waals surface area contributed by atoms with Crippen LogP contribution in [0.1, 0.15) is 32.8 Å². The zero-order valence-electron chi connectivity index (χ0n) is 11.4. The van der Waals surface area contributed by atoms with E-state index in [0.29, 0.717) is 12.1 Å². The van der Waals surface area contributed by atoms with E-state index >= 15 is 0 Å². The highest BCUT2D eigenvalue weighted by molar-refractivity contribution is 5.98. The number of rotatable bonds is 3. The molecule has 2 atom stereocenters. The van der Waals surface area contributed by atoms with Crippen molar-refractivity contribution >= 4 is 17.6 Å². The molecule has 1 aromatic rings. The van der Waals surface area contributed by atoms with Gasteiger partial charge in [0.15, 0.2) is 0 Å². The van der Waals surface area contributed by atoms with Crippen molar-refractivity contribution in [3.63, 3.8) is 0 Å². The van der Waals surface area contributed by atoms with E-state index in [1.807, 2.05) is 24.3 Å². The molecule has 2 N–H and O–H groups in total. The van der Waals surface area contributed by atoms with Crippen LogP contribution in [0.5, 0.6) is 0 Å². The first-order valence-electron chi connectivity index (χ1n) is 6.43. The van der Waals surface area contributed by atoms with Gasteiger partial charge in [-0.3, -0.25) is 9.59 Å². The minimum atomic E-state index is -0.886. The van der Waals surface area contributed by atoms with Gasteiger partial charge in [0.1, 0.15) is 0 Å². The second-order valence-electron chi connectivity index (χ2n) is 6.10. The Morgan fingerprint density at radius 2 is 1.74 bits per heavy atom. The number of carboxylic acid groups (broad SMARTS) is 1. The van der Waals surface area contributed by atoms with E-state index in [4.69, 9.17) is 5.11 Å². The van der Waals surface area contributed by atoms with Gasteiger partial charge in [-0.15, -0.1) is 0 Å². The fourth-order valence-corrected chi connectivity index (χ4v) is 2.05. The minimum Gasteiger partial charge on any atom is -0.481 e. The minimum absolute atomic E-state index is 0.0768. The Balaban J connectivity index is 1.97. The highest BCUT2D eigenvalue weighted by Crippen LogP contribution is 2.39. The molecule has 1 aliphatic rings. The normalized spacial score (nSPS) is 21.8. The van der Waals surface area contributed by atoms with Crippen LogP contribution in [0, 0.1) is 11.8 Å². The Morgan fingerprint density at radius 1 is 1.16 bits per heavy atom. The molecule has 4 heteroatoms. The molecule has 1 aliphatic carbocycles. The summed E-state index contributed by atoms with van der Waals surface area (Å²) in [5.41, 5.74) is 1.99. The molecule has 0 aliphatic heterocycles. The average Bonchev–Trinajstić information content (AvgIpc) is 3.08. The Labute approximate surface area is 112 Å². The first-order valence-corrected chi connectivity index (χ1v) is 6.43.